The number of halogens is 1. The SMILES string of the molecule is Cc1cc(F)ccc1CN1CC(=O)NC(C(C)C)C1=O. The molecule has 5 heteroatoms. The van der Waals surface area contributed by atoms with Crippen molar-refractivity contribution in [3.05, 3.63) is 35.1 Å². The van der Waals surface area contributed by atoms with Gasteiger partial charge in [-0.1, -0.05) is 19.9 Å². The molecule has 1 fully saturated rings. The lowest BCUT2D eigenvalue weighted by atomic mass is 10.00. The second-order valence-electron chi connectivity index (χ2n) is 5.55. The minimum Gasteiger partial charge on any atom is -0.343 e. The van der Waals surface area contributed by atoms with Gasteiger partial charge < -0.3 is 10.2 Å². The van der Waals surface area contributed by atoms with Crippen LogP contribution in [-0.4, -0.2) is 29.3 Å². The molecular formula is C15H19FN2O2. The van der Waals surface area contributed by atoms with Gasteiger partial charge in [0.15, 0.2) is 0 Å². The van der Waals surface area contributed by atoms with Crippen LogP contribution in [0.25, 0.3) is 0 Å². The highest BCUT2D eigenvalue weighted by atomic mass is 19.1. The second-order valence-corrected chi connectivity index (χ2v) is 5.55. The molecule has 1 heterocycles. The molecule has 1 unspecified atom stereocenters. The largest absolute Gasteiger partial charge is 0.343 e. The van der Waals surface area contributed by atoms with Crippen molar-refractivity contribution in [1.29, 1.82) is 0 Å². The third kappa shape index (κ3) is 2.98. The summed E-state index contributed by atoms with van der Waals surface area (Å²) in [5.74, 6) is -0.482. The Bertz CT molecular complexity index is 543. The molecule has 108 valence electrons. The van der Waals surface area contributed by atoms with Crippen molar-refractivity contribution in [3.8, 4) is 0 Å². The van der Waals surface area contributed by atoms with Gasteiger partial charge in [-0.25, -0.2) is 4.39 Å². The highest BCUT2D eigenvalue weighted by Gasteiger charge is 2.34. The molecule has 1 aromatic carbocycles. The van der Waals surface area contributed by atoms with Crippen molar-refractivity contribution in [2.24, 2.45) is 5.92 Å². The van der Waals surface area contributed by atoms with Crippen molar-refractivity contribution >= 4 is 11.8 Å². The molecule has 0 spiro atoms. The number of nitrogens with zero attached hydrogens (tertiary/aromatic N) is 1. The van der Waals surface area contributed by atoms with E-state index >= 15 is 0 Å². The summed E-state index contributed by atoms with van der Waals surface area (Å²) < 4.78 is 13.1. The number of carbonyl (C=O) groups excluding carboxylic acids is 2. The minimum absolute atomic E-state index is 0.0450. The van der Waals surface area contributed by atoms with Gasteiger partial charge in [0, 0.05) is 6.54 Å². The van der Waals surface area contributed by atoms with Crippen molar-refractivity contribution < 1.29 is 14.0 Å². The van der Waals surface area contributed by atoms with Crippen LogP contribution in [0.5, 0.6) is 0 Å². The van der Waals surface area contributed by atoms with Crippen LogP contribution in [0.2, 0.25) is 0 Å². The topological polar surface area (TPSA) is 49.4 Å². The molecule has 1 aliphatic heterocycles. The Hall–Kier alpha value is -1.91. The van der Waals surface area contributed by atoms with Gasteiger partial charge in [0.2, 0.25) is 11.8 Å². The Morgan fingerprint density at radius 3 is 2.70 bits per heavy atom. The molecule has 2 rings (SSSR count). The molecule has 20 heavy (non-hydrogen) atoms. The fourth-order valence-electron chi connectivity index (χ4n) is 2.36. The van der Waals surface area contributed by atoms with Crippen molar-refractivity contribution in [2.75, 3.05) is 6.54 Å². The van der Waals surface area contributed by atoms with Crippen LogP contribution in [0, 0.1) is 18.7 Å². The Morgan fingerprint density at radius 2 is 2.10 bits per heavy atom. The van der Waals surface area contributed by atoms with Crippen LogP contribution < -0.4 is 5.32 Å². The molecule has 4 nitrogen and oxygen atoms in total. The molecule has 1 saturated heterocycles. The fraction of sp³-hybridized carbons (Fsp3) is 0.467. The van der Waals surface area contributed by atoms with Gasteiger partial charge in [0.25, 0.3) is 0 Å². The number of benzene rings is 1. The molecule has 1 atom stereocenters. The van der Waals surface area contributed by atoms with Gasteiger partial charge in [0.05, 0.1) is 6.54 Å². The fourth-order valence-corrected chi connectivity index (χ4v) is 2.36. The van der Waals surface area contributed by atoms with Crippen LogP contribution in [0.1, 0.15) is 25.0 Å². The van der Waals surface area contributed by atoms with Gasteiger partial charge in [-0.15, -0.1) is 0 Å². The summed E-state index contributed by atoms with van der Waals surface area (Å²) in [5, 5.41) is 2.71. The normalized spacial score (nSPS) is 19.4. The lowest BCUT2D eigenvalue weighted by Crippen LogP contribution is -2.59. The number of nitrogens with one attached hydrogen (secondary N) is 1. The summed E-state index contributed by atoms with van der Waals surface area (Å²) >= 11 is 0. The Labute approximate surface area is 118 Å². The molecule has 0 saturated carbocycles. The number of hydrogen-bond acceptors (Lipinski definition) is 2. The molecule has 2 amide bonds. The van der Waals surface area contributed by atoms with Crippen LogP contribution in [0.4, 0.5) is 4.39 Å². The molecule has 0 aromatic heterocycles. The van der Waals surface area contributed by atoms with Crippen molar-refractivity contribution in [2.45, 2.75) is 33.4 Å². The van der Waals surface area contributed by atoms with Gasteiger partial charge in [-0.3, -0.25) is 9.59 Å². The maximum absolute atomic E-state index is 13.1. The van der Waals surface area contributed by atoms with E-state index in [1.807, 2.05) is 13.8 Å². The number of amides is 2. The molecule has 1 N–H and O–H groups in total. The lowest BCUT2D eigenvalue weighted by Gasteiger charge is -2.34. The van der Waals surface area contributed by atoms with Crippen LogP contribution >= 0.6 is 0 Å². The highest BCUT2D eigenvalue weighted by molar-refractivity contribution is 5.94. The van der Waals surface area contributed by atoms with Crippen molar-refractivity contribution in [1.82, 2.24) is 10.2 Å². The second kappa shape index (κ2) is 5.61. The van der Waals surface area contributed by atoms with E-state index in [1.54, 1.807) is 13.0 Å². The average Bonchev–Trinajstić information content (AvgIpc) is 2.36. The smallest absolute Gasteiger partial charge is 0.246 e. The van der Waals surface area contributed by atoms with Crippen molar-refractivity contribution in [3.63, 3.8) is 0 Å². The summed E-state index contributed by atoms with van der Waals surface area (Å²) in [6.07, 6.45) is 0. The summed E-state index contributed by atoms with van der Waals surface area (Å²) in [5.41, 5.74) is 1.64. The number of hydrogen-bond donors (Lipinski definition) is 1. The standard InChI is InChI=1S/C15H19FN2O2/c1-9(2)14-15(20)18(8-13(19)17-14)7-11-4-5-12(16)6-10(11)3/h4-6,9,14H,7-8H2,1-3H3,(H,17,19). The first-order valence-corrected chi connectivity index (χ1v) is 6.71. The van der Waals surface area contributed by atoms with E-state index in [0.717, 1.165) is 11.1 Å². The first-order valence-electron chi connectivity index (χ1n) is 6.71. The zero-order valence-corrected chi connectivity index (χ0v) is 11.9. The van der Waals surface area contributed by atoms with E-state index in [2.05, 4.69) is 5.32 Å². The third-order valence-corrected chi connectivity index (χ3v) is 3.56. The predicted octanol–water partition coefficient (Wildman–Crippen LogP) is 1.62. The van der Waals surface area contributed by atoms with E-state index in [4.69, 9.17) is 0 Å². The van der Waals surface area contributed by atoms with E-state index in [9.17, 15) is 14.0 Å². The minimum atomic E-state index is -0.475. The van der Waals surface area contributed by atoms with Gasteiger partial charge in [-0.2, -0.15) is 0 Å². The van der Waals surface area contributed by atoms with E-state index < -0.39 is 6.04 Å². The quantitative estimate of drug-likeness (QED) is 0.913. The Kier molecular flexibility index (Phi) is 4.06. The average molecular weight is 278 g/mol. The molecule has 0 bridgehead atoms. The number of rotatable bonds is 3. The molecule has 0 radical (unpaired) electrons. The molecule has 1 aromatic rings. The number of carbonyl (C=O) groups is 2. The first kappa shape index (κ1) is 14.5. The van der Waals surface area contributed by atoms with Crippen LogP contribution in [0.15, 0.2) is 18.2 Å². The zero-order chi connectivity index (χ0) is 14.9. The van der Waals surface area contributed by atoms with E-state index in [0.29, 0.717) is 6.54 Å². The third-order valence-electron chi connectivity index (χ3n) is 3.56. The maximum atomic E-state index is 13.1. The molecule has 0 aliphatic carbocycles. The van der Waals surface area contributed by atoms with Crippen LogP contribution in [-0.2, 0) is 16.1 Å². The molecule has 1 aliphatic rings. The first-order chi connectivity index (χ1) is 9.38. The monoisotopic (exact) mass is 278 g/mol. The molecular weight excluding hydrogens is 259 g/mol. The summed E-state index contributed by atoms with van der Waals surface area (Å²) in [7, 11) is 0. The summed E-state index contributed by atoms with van der Waals surface area (Å²) in [6.45, 7) is 5.98. The van der Waals surface area contributed by atoms with E-state index in [-0.39, 0.29) is 30.1 Å². The van der Waals surface area contributed by atoms with E-state index in [1.165, 1.54) is 17.0 Å². The lowest BCUT2D eigenvalue weighted by molar-refractivity contribution is -0.146. The Morgan fingerprint density at radius 1 is 1.40 bits per heavy atom. The predicted molar refractivity (Wildman–Crippen MR) is 73.3 cm³/mol. The van der Waals surface area contributed by atoms with Gasteiger partial charge >= 0.3 is 0 Å². The maximum Gasteiger partial charge on any atom is 0.246 e. The zero-order valence-electron chi connectivity index (χ0n) is 11.9. The van der Waals surface area contributed by atoms with Crippen LogP contribution in [0.3, 0.4) is 0 Å². The Balaban J connectivity index is 2.19. The number of aryl methyl sites for hydroxylation is 1. The van der Waals surface area contributed by atoms with Gasteiger partial charge in [0.1, 0.15) is 11.9 Å². The van der Waals surface area contributed by atoms with Gasteiger partial charge in [-0.05, 0) is 36.1 Å². The summed E-state index contributed by atoms with van der Waals surface area (Å²) in [4.78, 5) is 25.6. The summed E-state index contributed by atoms with van der Waals surface area (Å²) in [6, 6.07) is 3.99. The number of piperazine rings is 1. The highest BCUT2D eigenvalue weighted by Crippen LogP contribution is 2.17.